The van der Waals surface area contributed by atoms with Crippen LogP contribution in [0.4, 0.5) is 0 Å². The van der Waals surface area contributed by atoms with E-state index in [1.807, 2.05) is 0 Å². The Hall–Kier alpha value is -0.820. The number of aliphatic carboxylic acids is 1. The van der Waals surface area contributed by atoms with E-state index in [1.54, 1.807) is 0 Å². The number of carbonyl (C=O) groups is 1. The summed E-state index contributed by atoms with van der Waals surface area (Å²) in [7, 11) is -5.01. The van der Waals surface area contributed by atoms with Gasteiger partial charge in [-0.1, -0.05) is 0 Å². The Morgan fingerprint density at radius 2 is 1.71 bits per heavy atom. The van der Waals surface area contributed by atoms with Gasteiger partial charge in [0.15, 0.2) is 18.5 Å². The summed E-state index contributed by atoms with van der Waals surface area (Å²) in [6.45, 7) is 0. The van der Waals surface area contributed by atoms with E-state index in [9.17, 15) is 28.5 Å². The van der Waals surface area contributed by atoms with Gasteiger partial charge in [0, 0.05) is 0 Å². The van der Waals surface area contributed by atoms with Crippen molar-refractivity contribution >= 4 is 16.4 Å². The summed E-state index contributed by atoms with van der Waals surface area (Å²) in [6, 6.07) is 0. The van der Waals surface area contributed by atoms with Gasteiger partial charge < -0.3 is 25.2 Å². The lowest BCUT2D eigenvalue weighted by Gasteiger charge is -2.37. The third kappa shape index (κ3) is 3.32. The van der Waals surface area contributed by atoms with E-state index in [0.717, 1.165) is 0 Å². The van der Waals surface area contributed by atoms with Gasteiger partial charge in [-0.25, -0.2) is 8.98 Å². The Bertz CT molecular complexity index is 390. The number of aliphatic hydroxyl groups excluding tert-OH is 3. The number of carboxylic acids is 1. The molecule has 5 atom stereocenters. The van der Waals surface area contributed by atoms with Crippen molar-refractivity contribution in [3.8, 4) is 0 Å². The van der Waals surface area contributed by atoms with E-state index in [4.69, 9.17) is 9.66 Å². The molecule has 0 spiro atoms. The number of carboxylic acid groups (broad SMARTS) is 1. The molecule has 100 valence electrons. The second-order valence-corrected chi connectivity index (χ2v) is 4.30. The first-order valence-corrected chi connectivity index (χ1v) is 5.58. The quantitative estimate of drug-likeness (QED) is 0.328. The molecule has 11 heteroatoms. The molecule has 1 saturated heterocycles. The highest BCUT2D eigenvalue weighted by Gasteiger charge is 2.49. The van der Waals surface area contributed by atoms with Crippen LogP contribution in [-0.4, -0.2) is 70.1 Å². The molecule has 5 N–H and O–H groups in total. The minimum absolute atomic E-state index is 1.67. The largest absolute Gasteiger partial charge is 0.479 e. The zero-order valence-electron chi connectivity index (χ0n) is 8.07. The van der Waals surface area contributed by atoms with Crippen LogP contribution in [0.15, 0.2) is 0 Å². The fourth-order valence-corrected chi connectivity index (χ4v) is 1.79. The number of rotatable bonds is 3. The molecule has 1 rings (SSSR count). The SMILES string of the molecule is O=C(O)[C@@H]1O[C@@H](O)[C@H](OS(=O)(=O)O)[C@@H](O)C1O. The Morgan fingerprint density at radius 3 is 2.12 bits per heavy atom. The number of hydrogen-bond donors (Lipinski definition) is 5. The van der Waals surface area contributed by atoms with Crippen LogP contribution in [0, 0.1) is 0 Å². The molecule has 0 saturated carbocycles. The van der Waals surface area contributed by atoms with Crippen LogP contribution in [-0.2, 0) is 24.1 Å². The molecule has 0 aromatic rings. The smallest absolute Gasteiger partial charge is 0.397 e. The molecule has 1 aliphatic rings. The lowest BCUT2D eigenvalue weighted by Crippen LogP contribution is -2.60. The maximum atomic E-state index is 10.5. The summed E-state index contributed by atoms with van der Waals surface area (Å²) in [6.07, 6.45) is -10.2. The maximum absolute atomic E-state index is 10.5. The highest BCUT2D eigenvalue weighted by atomic mass is 32.3. The second-order valence-electron chi connectivity index (χ2n) is 3.26. The third-order valence-electron chi connectivity index (χ3n) is 2.04. The van der Waals surface area contributed by atoms with Crippen molar-refractivity contribution in [3.63, 3.8) is 0 Å². The fraction of sp³-hybridized carbons (Fsp3) is 0.833. The van der Waals surface area contributed by atoms with Gasteiger partial charge in [-0.2, -0.15) is 8.42 Å². The molecule has 1 aliphatic heterocycles. The van der Waals surface area contributed by atoms with E-state index >= 15 is 0 Å². The summed E-state index contributed by atoms with van der Waals surface area (Å²) >= 11 is 0. The molecule has 0 aromatic carbocycles. The Morgan fingerprint density at radius 1 is 1.18 bits per heavy atom. The van der Waals surface area contributed by atoms with Crippen LogP contribution >= 0.6 is 0 Å². The van der Waals surface area contributed by atoms with Gasteiger partial charge >= 0.3 is 16.4 Å². The Kier molecular flexibility index (Phi) is 4.03. The van der Waals surface area contributed by atoms with Gasteiger partial charge in [-0.05, 0) is 0 Å². The summed E-state index contributed by atoms with van der Waals surface area (Å²) in [5, 5.41) is 36.3. The molecule has 1 unspecified atom stereocenters. The predicted octanol–water partition coefficient (Wildman–Crippen LogP) is -3.30. The topological polar surface area (TPSA) is 171 Å². The normalized spacial score (nSPS) is 38.9. The Balaban J connectivity index is 2.87. The van der Waals surface area contributed by atoms with E-state index in [2.05, 4.69) is 8.92 Å². The average Bonchev–Trinajstić information content (AvgIpc) is 2.16. The minimum atomic E-state index is -5.01. The van der Waals surface area contributed by atoms with Crippen molar-refractivity contribution in [2.24, 2.45) is 0 Å². The number of aliphatic hydroxyl groups is 3. The summed E-state index contributed by atoms with van der Waals surface area (Å²) in [4.78, 5) is 10.5. The number of hydrogen-bond acceptors (Lipinski definition) is 8. The van der Waals surface area contributed by atoms with Gasteiger partial charge in [-0.15, -0.1) is 0 Å². The molecule has 0 aliphatic carbocycles. The zero-order chi connectivity index (χ0) is 13.4. The molecule has 0 amide bonds. The van der Waals surface area contributed by atoms with Crippen molar-refractivity contribution in [2.45, 2.75) is 30.7 Å². The summed E-state index contributed by atoms with van der Waals surface area (Å²) in [5.41, 5.74) is 0. The van der Waals surface area contributed by atoms with Crippen molar-refractivity contribution in [1.82, 2.24) is 0 Å². The van der Waals surface area contributed by atoms with Crippen LogP contribution in [0.1, 0.15) is 0 Å². The maximum Gasteiger partial charge on any atom is 0.397 e. The van der Waals surface area contributed by atoms with Crippen LogP contribution < -0.4 is 0 Å². The van der Waals surface area contributed by atoms with Gasteiger partial charge in [0.25, 0.3) is 0 Å². The summed E-state index contributed by atoms with van der Waals surface area (Å²) < 4.78 is 37.3. The minimum Gasteiger partial charge on any atom is -0.479 e. The van der Waals surface area contributed by atoms with Crippen LogP contribution in [0.2, 0.25) is 0 Å². The average molecular weight is 274 g/mol. The molecule has 0 radical (unpaired) electrons. The van der Waals surface area contributed by atoms with Crippen molar-refractivity contribution < 1.29 is 47.1 Å². The first-order valence-electron chi connectivity index (χ1n) is 4.21. The van der Waals surface area contributed by atoms with E-state index < -0.39 is 47.1 Å². The molecular formula is C6H10O10S. The van der Waals surface area contributed by atoms with Crippen molar-refractivity contribution in [1.29, 1.82) is 0 Å². The van der Waals surface area contributed by atoms with Gasteiger partial charge in [-0.3, -0.25) is 4.55 Å². The highest BCUT2D eigenvalue weighted by molar-refractivity contribution is 7.80. The van der Waals surface area contributed by atoms with Crippen LogP contribution in [0.5, 0.6) is 0 Å². The fourth-order valence-electron chi connectivity index (χ4n) is 1.30. The molecule has 10 nitrogen and oxygen atoms in total. The first-order chi connectivity index (χ1) is 7.63. The monoisotopic (exact) mass is 274 g/mol. The van der Waals surface area contributed by atoms with Gasteiger partial charge in [0.05, 0.1) is 0 Å². The molecule has 1 heterocycles. The zero-order valence-corrected chi connectivity index (χ0v) is 8.89. The van der Waals surface area contributed by atoms with E-state index in [0.29, 0.717) is 0 Å². The summed E-state index contributed by atoms with van der Waals surface area (Å²) in [5.74, 6) is -1.67. The molecule has 0 aromatic heterocycles. The molecular weight excluding hydrogens is 264 g/mol. The standard InChI is InChI=1S/C6H10O10S/c7-1-2(8)4(16-17(12,13)14)6(11)15-3(1)5(9)10/h1-4,6-8,11H,(H,9,10)(H,12,13,14)/t1?,2-,3+,4+,6+/m0/s1. The van der Waals surface area contributed by atoms with Crippen molar-refractivity contribution in [2.75, 3.05) is 0 Å². The third-order valence-corrected chi connectivity index (χ3v) is 2.51. The first kappa shape index (κ1) is 14.2. The molecule has 17 heavy (non-hydrogen) atoms. The van der Waals surface area contributed by atoms with Crippen molar-refractivity contribution in [3.05, 3.63) is 0 Å². The van der Waals surface area contributed by atoms with E-state index in [-0.39, 0.29) is 0 Å². The lowest BCUT2D eigenvalue weighted by molar-refractivity contribution is -0.274. The molecule has 0 bridgehead atoms. The second kappa shape index (κ2) is 4.81. The van der Waals surface area contributed by atoms with Crippen LogP contribution in [0.3, 0.4) is 0 Å². The lowest BCUT2D eigenvalue weighted by atomic mass is 9.99. The highest BCUT2D eigenvalue weighted by Crippen LogP contribution is 2.23. The van der Waals surface area contributed by atoms with Crippen LogP contribution in [0.25, 0.3) is 0 Å². The predicted molar refractivity (Wildman–Crippen MR) is 47.0 cm³/mol. The van der Waals surface area contributed by atoms with E-state index in [1.165, 1.54) is 0 Å². The van der Waals surface area contributed by atoms with Gasteiger partial charge in [0.2, 0.25) is 0 Å². The number of ether oxygens (including phenoxy) is 1. The molecule has 1 fully saturated rings. The Labute approximate surface area is 95.0 Å². The van der Waals surface area contributed by atoms with Gasteiger partial charge in [0.1, 0.15) is 12.2 Å².